The van der Waals surface area contributed by atoms with Crippen LogP contribution in [-0.2, 0) is 0 Å². The van der Waals surface area contributed by atoms with Crippen molar-refractivity contribution in [2.24, 2.45) is 0 Å². The lowest BCUT2D eigenvalue weighted by atomic mass is 9.94. The topological polar surface area (TPSA) is 30.2 Å². The van der Waals surface area contributed by atoms with Gasteiger partial charge in [0.15, 0.2) is 5.78 Å². The van der Waals surface area contributed by atoms with Crippen molar-refractivity contribution < 1.29 is 9.21 Å². The second-order valence-corrected chi connectivity index (χ2v) is 3.32. The summed E-state index contributed by atoms with van der Waals surface area (Å²) in [6.45, 7) is 0. The fourth-order valence-electron chi connectivity index (χ4n) is 1.62. The number of hydrogen-bond donors (Lipinski definition) is 0. The average Bonchev–Trinajstić information content (AvgIpc) is 2.71. The number of rotatable bonds is 2. The Morgan fingerprint density at radius 1 is 1.38 bits per heavy atom. The number of ketones is 1. The Kier molecular flexibility index (Phi) is 2.30. The van der Waals surface area contributed by atoms with Gasteiger partial charge in [-0.25, -0.2) is 0 Å². The number of carbonyl (C=O) groups excluding carboxylic acids is 1. The van der Waals surface area contributed by atoms with E-state index in [-0.39, 0.29) is 5.78 Å². The molecule has 0 atom stereocenters. The van der Waals surface area contributed by atoms with Gasteiger partial charge in [0, 0.05) is 0 Å². The molecular formula is C11H12O2. The Labute approximate surface area is 77.2 Å². The molecule has 1 aromatic rings. The molecule has 0 saturated carbocycles. The molecule has 1 aliphatic rings. The normalized spacial score (nSPS) is 16.8. The third kappa shape index (κ3) is 1.72. The lowest BCUT2D eigenvalue weighted by Crippen LogP contribution is -2.04. The van der Waals surface area contributed by atoms with Gasteiger partial charge < -0.3 is 4.42 Å². The van der Waals surface area contributed by atoms with Crippen molar-refractivity contribution in [2.45, 2.75) is 25.7 Å². The molecule has 0 fully saturated rings. The van der Waals surface area contributed by atoms with Crippen molar-refractivity contribution in [3.05, 3.63) is 35.8 Å². The van der Waals surface area contributed by atoms with Crippen LogP contribution in [0.5, 0.6) is 0 Å². The third-order valence-corrected chi connectivity index (χ3v) is 2.37. The molecule has 0 aromatic carbocycles. The van der Waals surface area contributed by atoms with Crippen molar-refractivity contribution in [1.29, 1.82) is 0 Å². The Morgan fingerprint density at radius 3 is 2.92 bits per heavy atom. The number of hydrogen-bond acceptors (Lipinski definition) is 2. The number of Topliss-reactive ketones (excluding diaryl/α,β-unsaturated/α-hetero) is 1. The van der Waals surface area contributed by atoms with E-state index >= 15 is 0 Å². The van der Waals surface area contributed by atoms with Gasteiger partial charge in [0.2, 0.25) is 0 Å². The largest absolute Gasteiger partial charge is 0.472 e. The second kappa shape index (κ2) is 3.60. The smallest absolute Gasteiger partial charge is 0.191 e. The fourth-order valence-corrected chi connectivity index (χ4v) is 1.62. The summed E-state index contributed by atoms with van der Waals surface area (Å²) in [6, 6.07) is 1.72. The van der Waals surface area contributed by atoms with Crippen LogP contribution in [-0.4, -0.2) is 5.78 Å². The average molecular weight is 176 g/mol. The summed E-state index contributed by atoms with van der Waals surface area (Å²) in [4.78, 5) is 11.7. The highest BCUT2D eigenvalue weighted by atomic mass is 16.3. The highest BCUT2D eigenvalue weighted by Gasteiger charge is 2.14. The lowest BCUT2D eigenvalue weighted by molar-refractivity contribution is 0.102. The monoisotopic (exact) mass is 176 g/mol. The second-order valence-electron chi connectivity index (χ2n) is 3.32. The maximum Gasteiger partial charge on any atom is 0.191 e. The maximum atomic E-state index is 11.7. The van der Waals surface area contributed by atoms with Crippen molar-refractivity contribution in [1.82, 2.24) is 0 Å². The van der Waals surface area contributed by atoms with E-state index < -0.39 is 0 Å². The first kappa shape index (κ1) is 8.30. The van der Waals surface area contributed by atoms with Crippen molar-refractivity contribution >= 4 is 5.78 Å². The van der Waals surface area contributed by atoms with E-state index in [0.29, 0.717) is 5.56 Å². The van der Waals surface area contributed by atoms with Gasteiger partial charge in [-0.2, -0.15) is 0 Å². The summed E-state index contributed by atoms with van der Waals surface area (Å²) in [6.07, 6.45) is 9.41. The van der Waals surface area contributed by atoms with Crippen LogP contribution in [0, 0.1) is 0 Å². The Bertz CT molecular complexity index is 320. The summed E-state index contributed by atoms with van der Waals surface area (Å²) in [5.41, 5.74) is 1.63. The quantitative estimate of drug-likeness (QED) is 0.648. The first-order valence-corrected chi connectivity index (χ1v) is 4.64. The van der Waals surface area contributed by atoms with Gasteiger partial charge >= 0.3 is 0 Å². The van der Waals surface area contributed by atoms with Gasteiger partial charge in [0.25, 0.3) is 0 Å². The molecule has 0 bridgehead atoms. The molecule has 0 saturated heterocycles. The van der Waals surface area contributed by atoms with E-state index in [4.69, 9.17) is 4.42 Å². The molecule has 0 amide bonds. The zero-order chi connectivity index (χ0) is 9.10. The number of furan rings is 1. The van der Waals surface area contributed by atoms with Crippen LogP contribution in [0.25, 0.3) is 0 Å². The van der Waals surface area contributed by atoms with E-state index in [0.717, 1.165) is 24.8 Å². The Morgan fingerprint density at radius 2 is 2.31 bits per heavy atom. The molecule has 0 radical (unpaired) electrons. The van der Waals surface area contributed by atoms with Crippen LogP contribution in [0.15, 0.2) is 34.7 Å². The molecule has 2 nitrogen and oxygen atoms in total. The number of carbonyl (C=O) groups is 1. The van der Waals surface area contributed by atoms with Gasteiger partial charge in [-0.1, -0.05) is 6.08 Å². The zero-order valence-corrected chi connectivity index (χ0v) is 7.45. The van der Waals surface area contributed by atoms with Crippen molar-refractivity contribution in [3.8, 4) is 0 Å². The van der Waals surface area contributed by atoms with E-state index in [9.17, 15) is 4.79 Å². The van der Waals surface area contributed by atoms with E-state index in [1.807, 2.05) is 0 Å². The van der Waals surface area contributed by atoms with Crippen LogP contribution in [0.1, 0.15) is 36.0 Å². The molecule has 1 aromatic heterocycles. The van der Waals surface area contributed by atoms with Crippen LogP contribution >= 0.6 is 0 Å². The highest BCUT2D eigenvalue weighted by Crippen LogP contribution is 2.21. The van der Waals surface area contributed by atoms with E-state index in [1.165, 1.54) is 18.9 Å². The summed E-state index contributed by atoms with van der Waals surface area (Å²) in [5, 5.41) is 0. The van der Waals surface area contributed by atoms with Crippen LogP contribution in [0.3, 0.4) is 0 Å². The minimum Gasteiger partial charge on any atom is -0.472 e. The first-order chi connectivity index (χ1) is 6.38. The van der Waals surface area contributed by atoms with E-state index in [1.54, 1.807) is 6.07 Å². The maximum absolute atomic E-state index is 11.7. The van der Waals surface area contributed by atoms with Gasteiger partial charge in [-0.15, -0.1) is 0 Å². The molecule has 0 spiro atoms. The van der Waals surface area contributed by atoms with Crippen LogP contribution in [0.4, 0.5) is 0 Å². The SMILES string of the molecule is O=C(C1=CCCCC1)c1ccoc1. The molecule has 1 aliphatic carbocycles. The van der Waals surface area contributed by atoms with Gasteiger partial charge in [0.1, 0.15) is 6.26 Å². The van der Waals surface area contributed by atoms with Gasteiger partial charge in [-0.05, 0) is 37.3 Å². The predicted molar refractivity (Wildman–Crippen MR) is 49.6 cm³/mol. The summed E-state index contributed by atoms with van der Waals surface area (Å²) >= 11 is 0. The minimum atomic E-state index is 0.133. The predicted octanol–water partition coefficient (Wildman–Crippen LogP) is 2.96. The number of allylic oxidation sites excluding steroid dienone is 2. The molecule has 0 unspecified atom stereocenters. The van der Waals surface area contributed by atoms with Crippen molar-refractivity contribution in [3.63, 3.8) is 0 Å². The molecule has 13 heavy (non-hydrogen) atoms. The Balaban J connectivity index is 2.17. The molecule has 1 heterocycles. The van der Waals surface area contributed by atoms with Crippen molar-refractivity contribution in [2.75, 3.05) is 0 Å². The summed E-state index contributed by atoms with van der Waals surface area (Å²) < 4.78 is 4.88. The van der Waals surface area contributed by atoms with Crippen LogP contribution < -0.4 is 0 Å². The standard InChI is InChI=1S/C11H12O2/c12-11(10-6-7-13-8-10)9-4-2-1-3-5-9/h4,6-8H,1-3,5H2. The molecule has 0 N–H and O–H groups in total. The lowest BCUT2D eigenvalue weighted by Gasteiger charge is -2.09. The zero-order valence-electron chi connectivity index (χ0n) is 7.45. The molecule has 0 aliphatic heterocycles. The fraction of sp³-hybridized carbons (Fsp3) is 0.364. The summed E-state index contributed by atoms with van der Waals surface area (Å²) in [7, 11) is 0. The Hall–Kier alpha value is -1.31. The van der Waals surface area contributed by atoms with Gasteiger partial charge in [-0.3, -0.25) is 4.79 Å². The molecule has 2 heteroatoms. The summed E-state index contributed by atoms with van der Waals surface area (Å²) in [5.74, 6) is 0.133. The first-order valence-electron chi connectivity index (χ1n) is 4.64. The van der Waals surface area contributed by atoms with E-state index in [2.05, 4.69) is 6.08 Å². The third-order valence-electron chi connectivity index (χ3n) is 2.37. The highest BCUT2D eigenvalue weighted by molar-refractivity contribution is 6.08. The molecule has 68 valence electrons. The molecular weight excluding hydrogens is 164 g/mol. The minimum absolute atomic E-state index is 0.133. The van der Waals surface area contributed by atoms with Crippen LogP contribution in [0.2, 0.25) is 0 Å². The van der Waals surface area contributed by atoms with Gasteiger partial charge in [0.05, 0.1) is 11.8 Å². The molecule has 2 rings (SSSR count).